The molecule has 3 nitrogen and oxygen atoms in total. The van der Waals surface area contributed by atoms with Crippen LogP contribution < -0.4 is 0 Å². The molecular formula is C7H14Br2O3. The Bertz CT molecular complexity index is 112. The molecule has 0 unspecified atom stereocenters. The first-order valence-electron chi connectivity index (χ1n) is 3.34. The molecule has 0 fully saturated rings. The first kappa shape index (κ1) is 14.9. The third-order valence-corrected chi connectivity index (χ3v) is 3.73. The zero-order chi connectivity index (χ0) is 10.2. The van der Waals surface area contributed by atoms with E-state index in [-0.39, 0.29) is 12.0 Å². The minimum Gasteiger partial charge on any atom is -0.481 e. The van der Waals surface area contributed by atoms with Crippen molar-refractivity contribution in [1.82, 2.24) is 0 Å². The second-order valence-corrected chi connectivity index (χ2v) is 3.88. The summed E-state index contributed by atoms with van der Waals surface area (Å²) in [5, 5.41) is 17.8. The van der Waals surface area contributed by atoms with Crippen LogP contribution in [0, 0.1) is 5.41 Å². The molecule has 0 aliphatic rings. The average Bonchev–Trinajstić information content (AvgIpc) is 2.02. The number of carboxylic acids is 1. The zero-order valence-electron chi connectivity index (χ0n) is 7.18. The van der Waals surface area contributed by atoms with Crippen LogP contribution >= 0.6 is 31.9 Å². The van der Waals surface area contributed by atoms with Crippen LogP contribution in [0.25, 0.3) is 0 Å². The van der Waals surface area contributed by atoms with Gasteiger partial charge in [-0.2, -0.15) is 0 Å². The Kier molecular flexibility index (Phi) is 9.94. The van der Waals surface area contributed by atoms with Gasteiger partial charge >= 0.3 is 0 Å². The Labute approximate surface area is 89.4 Å². The van der Waals surface area contributed by atoms with Gasteiger partial charge in [0.1, 0.15) is 0 Å². The monoisotopic (exact) mass is 304 g/mol. The van der Waals surface area contributed by atoms with Crippen molar-refractivity contribution < 1.29 is 15.0 Å². The summed E-state index contributed by atoms with van der Waals surface area (Å²) in [7, 11) is 0. The SMILES string of the molecule is CC(=O)O.CC(CO)(CBr)CBr. The van der Waals surface area contributed by atoms with Gasteiger partial charge in [-0.05, 0) is 0 Å². The second-order valence-electron chi connectivity index (χ2n) is 2.76. The number of aliphatic carboxylic acids is 1. The smallest absolute Gasteiger partial charge is 0.300 e. The van der Waals surface area contributed by atoms with Gasteiger partial charge in [0.25, 0.3) is 5.97 Å². The highest BCUT2D eigenvalue weighted by Gasteiger charge is 2.19. The first-order valence-corrected chi connectivity index (χ1v) is 5.58. The van der Waals surface area contributed by atoms with E-state index in [4.69, 9.17) is 15.0 Å². The van der Waals surface area contributed by atoms with Crippen LogP contribution in [0.5, 0.6) is 0 Å². The molecule has 0 rings (SSSR count). The summed E-state index contributed by atoms with van der Waals surface area (Å²) >= 11 is 6.60. The molecule has 0 radical (unpaired) electrons. The normalized spacial score (nSPS) is 10.1. The van der Waals surface area contributed by atoms with Crippen LogP contribution in [0.2, 0.25) is 0 Å². The molecule has 0 heterocycles. The third kappa shape index (κ3) is 10.4. The maximum Gasteiger partial charge on any atom is 0.300 e. The van der Waals surface area contributed by atoms with Crippen molar-refractivity contribution in [2.45, 2.75) is 13.8 Å². The molecule has 5 heteroatoms. The van der Waals surface area contributed by atoms with E-state index in [1.54, 1.807) is 0 Å². The molecule has 0 bridgehead atoms. The maximum atomic E-state index is 9.00. The fraction of sp³-hybridized carbons (Fsp3) is 0.857. The lowest BCUT2D eigenvalue weighted by molar-refractivity contribution is -0.134. The predicted molar refractivity (Wildman–Crippen MR) is 56.1 cm³/mol. The summed E-state index contributed by atoms with van der Waals surface area (Å²) in [6.07, 6.45) is 0. The minimum absolute atomic E-state index is 0.0139. The highest BCUT2D eigenvalue weighted by Crippen LogP contribution is 2.20. The van der Waals surface area contributed by atoms with E-state index >= 15 is 0 Å². The summed E-state index contributed by atoms with van der Waals surface area (Å²) in [4.78, 5) is 9.00. The molecule has 0 aromatic carbocycles. The molecule has 0 atom stereocenters. The van der Waals surface area contributed by atoms with Crippen molar-refractivity contribution >= 4 is 37.8 Å². The topological polar surface area (TPSA) is 57.5 Å². The summed E-state index contributed by atoms with van der Waals surface area (Å²) in [5.41, 5.74) is 0.0139. The highest BCUT2D eigenvalue weighted by molar-refractivity contribution is 9.09. The maximum absolute atomic E-state index is 9.00. The van der Waals surface area contributed by atoms with E-state index in [1.807, 2.05) is 6.92 Å². The van der Waals surface area contributed by atoms with Crippen molar-refractivity contribution in [2.75, 3.05) is 17.3 Å². The van der Waals surface area contributed by atoms with Gasteiger partial charge in [-0.25, -0.2) is 0 Å². The number of rotatable bonds is 3. The van der Waals surface area contributed by atoms with Crippen LogP contribution in [0.1, 0.15) is 13.8 Å². The van der Waals surface area contributed by atoms with Gasteiger partial charge in [-0.15, -0.1) is 0 Å². The number of carbonyl (C=O) groups is 1. The van der Waals surface area contributed by atoms with Gasteiger partial charge in [0.15, 0.2) is 0 Å². The van der Waals surface area contributed by atoms with Crippen LogP contribution in [0.3, 0.4) is 0 Å². The fourth-order valence-electron chi connectivity index (χ4n) is 0.120. The number of hydrogen-bond acceptors (Lipinski definition) is 2. The molecule has 0 aliphatic carbocycles. The summed E-state index contributed by atoms with van der Waals surface area (Å²) in [6, 6.07) is 0. The van der Waals surface area contributed by atoms with E-state index in [0.717, 1.165) is 17.6 Å². The predicted octanol–water partition coefficient (Wildman–Crippen LogP) is 1.87. The molecule has 0 aromatic heterocycles. The number of carboxylic acid groups (broad SMARTS) is 1. The highest BCUT2D eigenvalue weighted by atomic mass is 79.9. The quantitative estimate of drug-likeness (QED) is 0.783. The van der Waals surface area contributed by atoms with Crippen molar-refractivity contribution in [3.05, 3.63) is 0 Å². The molecule has 74 valence electrons. The van der Waals surface area contributed by atoms with Gasteiger partial charge < -0.3 is 10.2 Å². The van der Waals surface area contributed by atoms with Crippen LogP contribution in [0.4, 0.5) is 0 Å². The zero-order valence-corrected chi connectivity index (χ0v) is 10.4. The Hall–Kier alpha value is 0.390. The van der Waals surface area contributed by atoms with E-state index in [9.17, 15) is 0 Å². The van der Waals surface area contributed by atoms with Gasteiger partial charge in [-0.1, -0.05) is 38.8 Å². The molecule has 0 saturated heterocycles. The third-order valence-electron chi connectivity index (χ3n) is 1.03. The number of halogens is 2. The molecule has 12 heavy (non-hydrogen) atoms. The van der Waals surface area contributed by atoms with E-state index in [2.05, 4.69) is 31.9 Å². The molecule has 2 N–H and O–H groups in total. The van der Waals surface area contributed by atoms with E-state index in [1.165, 1.54) is 0 Å². The molecule has 0 aromatic rings. The number of aliphatic hydroxyl groups excluding tert-OH is 1. The van der Waals surface area contributed by atoms with Gasteiger partial charge in [0, 0.05) is 23.0 Å². The number of alkyl halides is 2. The Morgan fingerprint density at radius 2 is 1.67 bits per heavy atom. The van der Waals surface area contributed by atoms with E-state index < -0.39 is 5.97 Å². The molecule has 0 amide bonds. The Balaban J connectivity index is 0. The Morgan fingerprint density at radius 3 is 1.67 bits per heavy atom. The summed E-state index contributed by atoms with van der Waals surface area (Å²) < 4.78 is 0. The van der Waals surface area contributed by atoms with Crippen molar-refractivity contribution in [3.63, 3.8) is 0 Å². The van der Waals surface area contributed by atoms with Gasteiger partial charge in [-0.3, -0.25) is 4.79 Å². The fourth-order valence-corrected chi connectivity index (χ4v) is 1.40. The van der Waals surface area contributed by atoms with E-state index in [0.29, 0.717) is 0 Å². The lowest BCUT2D eigenvalue weighted by Crippen LogP contribution is -2.24. The largest absolute Gasteiger partial charge is 0.481 e. The van der Waals surface area contributed by atoms with Gasteiger partial charge in [0.2, 0.25) is 0 Å². The Morgan fingerprint density at radius 1 is 1.42 bits per heavy atom. The van der Waals surface area contributed by atoms with Crippen LogP contribution in [-0.2, 0) is 4.79 Å². The summed E-state index contributed by atoms with van der Waals surface area (Å²) in [6.45, 7) is 3.32. The van der Waals surface area contributed by atoms with Crippen molar-refractivity contribution in [3.8, 4) is 0 Å². The molecular weight excluding hydrogens is 292 g/mol. The molecule has 0 saturated carbocycles. The number of aliphatic hydroxyl groups is 1. The standard InChI is InChI=1S/C5H10Br2O.C2H4O2/c1-5(2-6,3-7)4-8;1-2(3)4/h8H,2-4H2,1H3;1H3,(H,3,4). The lowest BCUT2D eigenvalue weighted by Gasteiger charge is -2.20. The summed E-state index contributed by atoms with van der Waals surface area (Å²) in [5.74, 6) is -0.833. The van der Waals surface area contributed by atoms with Crippen molar-refractivity contribution in [2.24, 2.45) is 5.41 Å². The first-order chi connectivity index (χ1) is 5.41. The minimum atomic E-state index is -0.833. The van der Waals surface area contributed by atoms with Crippen LogP contribution in [0.15, 0.2) is 0 Å². The van der Waals surface area contributed by atoms with Crippen LogP contribution in [-0.4, -0.2) is 33.4 Å². The van der Waals surface area contributed by atoms with Gasteiger partial charge in [0.05, 0.1) is 6.61 Å². The van der Waals surface area contributed by atoms with Crippen molar-refractivity contribution in [1.29, 1.82) is 0 Å². The second kappa shape index (κ2) is 8.01. The molecule has 0 spiro atoms. The average molecular weight is 306 g/mol. The molecule has 0 aliphatic heterocycles. The number of hydrogen-bond donors (Lipinski definition) is 2. The lowest BCUT2D eigenvalue weighted by atomic mass is 9.99.